The molecule has 0 unspecified atom stereocenters. The number of aryl methyl sites for hydroxylation is 1. The Labute approximate surface area is 104 Å². The van der Waals surface area contributed by atoms with E-state index in [0.29, 0.717) is 27.7 Å². The van der Waals surface area contributed by atoms with Gasteiger partial charge in [-0.15, -0.1) is 0 Å². The second-order valence-electron chi connectivity index (χ2n) is 3.68. The first-order valence-corrected chi connectivity index (χ1v) is 5.43. The Morgan fingerprint density at radius 2 is 2.06 bits per heavy atom. The van der Waals surface area contributed by atoms with Gasteiger partial charge in [-0.25, -0.2) is 9.67 Å². The molecule has 0 aliphatic rings. The monoisotopic (exact) mass is 251 g/mol. The molecule has 0 spiro atoms. The Hall–Kier alpha value is -1.37. The van der Waals surface area contributed by atoms with Gasteiger partial charge in [0.1, 0.15) is 0 Å². The fraction of sp³-hybridized carbons (Fsp3) is 0.200. The molecular formula is C10H11BClN3O2. The number of aromatic nitrogens is 3. The fourth-order valence-electron chi connectivity index (χ4n) is 1.77. The molecular weight excluding hydrogens is 240 g/mol. The zero-order chi connectivity index (χ0) is 12.6. The molecule has 17 heavy (non-hydrogen) atoms. The highest BCUT2D eigenvalue weighted by Crippen LogP contribution is 2.17. The van der Waals surface area contributed by atoms with Crippen LogP contribution < -0.4 is 5.46 Å². The third-order valence-corrected chi connectivity index (χ3v) is 2.84. The largest absolute Gasteiger partial charge is 0.492 e. The van der Waals surface area contributed by atoms with Crippen molar-refractivity contribution in [3.05, 3.63) is 34.7 Å². The summed E-state index contributed by atoms with van der Waals surface area (Å²) < 4.78 is 1.51. The number of hydrogen-bond acceptors (Lipinski definition) is 4. The third kappa shape index (κ3) is 2.07. The molecule has 88 valence electrons. The van der Waals surface area contributed by atoms with Gasteiger partial charge in [-0.3, -0.25) is 0 Å². The van der Waals surface area contributed by atoms with Crippen LogP contribution in [-0.2, 0) is 0 Å². The molecule has 0 aliphatic heterocycles. The van der Waals surface area contributed by atoms with Crippen molar-refractivity contribution in [2.45, 2.75) is 13.8 Å². The summed E-state index contributed by atoms with van der Waals surface area (Å²) >= 11 is 6.02. The van der Waals surface area contributed by atoms with E-state index >= 15 is 0 Å². The maximum atomic E-state index is 9.26. The van der Waals surface area contributed by atoms with E-state index < -0.39 is 7.12 Å². The van der Waals surface area contributed by atoms with E-state index in [1.54, 1.807) is 32.2 Å². The van der Waals surface area contributed by atoms with Gasteiger partial charge in [-0.05, 0) is 26.0 Å². The van der Waals surface area contributed by atoms with Crippen molar-refractivity contribution in [1.82, 2.24) is 14.8 Å². The Bertz CT molecular complexity index is 556. The Morgan fingerprint density at radius 3 is 2.59 bits per heavy atom. The summed E-state index contributed by atoms with van der Waals surface area (Å²) in [6.45, 7) is 3.44. The lowest BCUT2D eigenvalue weighted by Gasteiger charge is -2.05. The van der Waals surface area contributed by atoms with E-state index in [2.05, 4.69) is 10.1 Å². The minimum atomic E-state index is -1.55. The molecule has 7 heteroatoms. The maximum Gasteiger partial charge on any atom is 0.492 e. The molecule has 0 saturated carbocycles. The smallest absolute Gasteiger partial charge is 0.423 e. The second-order valence-corrected chi connectivity index (χ2v) is 4.09. The fourth-order valence-corrected chi connectivity index (χ4v) is 1.97. The first-order chi connectivity index (χ1) is 8.02. The zero-order valence-corrected chi connectivity index (χ0v) is 10.2. The third-order valence-electron chi connectivity index (χ3n) is 2.55. The van der Waals surface area contributed by atoms with Gasteiger partial charge >= 0.3 is 7.12 Å². The zero-order valence-electron chi connectivity index (χ0n) is 9.42. The van der Waals surface area contributed by atoms with Crippen LogP contribution in [0.3, 0.4) is 0 Å². The average Bonchev–Trinajstić information content (AvgIpc) is 2.55. The lowest BCUT2D eigenvalue weighted by Crippen LogP contribution is -2.33. The minimum absolute atomic E-state index is 0.381. The summed E-state index contributed by atoms with van der Waals surface area (Å²) in [5, 5.41) is 23.2. The molecule has 2 aromatic heterocycles. The second kappa shape index (κ2) is 4.48. The van der Waals surface area contributed by atoms with Crippen molar-refractivity contribution in [2.24, 2.45) is 0 Å². The topological polar surface area (TPSA) is 71.2 Å². The van der Waals surface area contributed by atoms with Crippen LogP contribution in [0.15, 0.2) is 18.3 Å². The van der Waals surface area contributed by atoms with Gasteiger partial charge in [-0.1, -0.05) is 11.6 Å². The van der Waals surface area contributed by atoms with Crippen molar-refractivity contribution in [1.29, 1.82) is 0 Å². The number of hydrogen-bond donors (Lipinski definition) is 2. The van der Waals surface area contributed by atoms with Crippen LogP contribution in [0.4, 0.5) is 0 Å². The number of pyridine rings is 1. The predicted molar refractivity (Wildman–Crippen MR) is 65.7 cm³/mol. The van der Waals surface area contributed by atoms with Crippen LogP contribution in [0.5, 0.6) is 0 Å². The van der Waals surface area contributed by atoms with Crippen LogP contribution in [-0.4, -0.2) is 31.9 Å². The predicted octanol–water partition coefficient (Wildman–Crippen LogP) is 0.217. The Morgan fingerprint density at radius 1 is 1.35 bits per heavy atom. The van der Waals surface area contributed by atoms with Gasteiger partial charge in [-0.2, -0.15) is 5.10 Å². The molecule has 0 bridgehead atoms. The quantitative estimate of drug-likeness (QED) is 0.749. The lowest BCUT2D eigenvalue weighted by atomic mass is 9.78. The molecule has 0 radical (unpaired) electrons. The van der Waals surface area contributed by atoms with E-state index in [9.17, 15) is 10.0 Å². The number of nitrogens with zero attached hydrogens (tertiary/aromatic N) is 3. The molecule has 2 aromatic rings. The first kappa shape index (κ1) is 12.1. The summed E-state index contributed by atoms with van der Waals surface area (Å²) in [5.74, 6) is 0.474. The highest BCUT2D eigenvalue weighted by molar-refractivity contribution is 6.59. The molecule has 0 atom stereocenters. The molecule has 0 amide bonds. The summed E-state index contributed by atoms with van der Waals surface area (Å²) in [4.78, 5) is 4.13. The van der Waals surface area contributed by atoms with E-state index in [4.69, 9.17) is 11.6 Å². The van der Waals surface area contributed by atoms with Gasteiger partial charge in [0.25, 0.3) is 0 Å². The van der Waals surface area contributed by atoms with Crippen LogP contribution in [0, 0.1) is 13.8 Å². The SMILES string of the molecule is Cc1nn(-c2ncccc2Cl)c(C)c1B(O)O. The normalized spacial score (nSPS) is 10.6. The Kier molecular flexibility index (Phi) is 3.19. The van der Waals surface area contributed by atoms with Crippen molar-refractivity contribution in [3.63, 3.8) is 0 Å². The first-order valence-electron chi connectivity index (χ1n) is 5.05. The van der Waals surface area contributed by atoms with Gasteiger partial charge in [0.05, 0.1) is 10.7 Å². The van der Waals surface area contributed by atoms with Crippen molar-refractivity contribution >= 4 is 24.2 Å². The molecule has 0 aromatic carbocycles. The average molecular weight is 251 g/mol. The highest BCUT2D eigenvalue weighted by atomic mass is 35.5. The number of rotatable bonds is 2. The van der Waals surface area contributed by atoms with Crippen molar-refractivity contribution < 1.29 is 10.0 Å². The van der Waals surface area contributed by atoms with Crippen LogP contribution in [0.1, 0.15) is 11.4 Å². The van der Waals surface area contributed by atoms with Gasteiger partial charge < -0.3 is 10.0 Å². The summed E-state index contributed by atoms with van der Waals surface area (Å²) in [7, 11) is -1.55. The van der Waals surface area contributed by atoms with Gasteiger partial charge in [0.2, 0.25) is 0 Å². The minimum Gasteiger partial charge on any atom is -0.423 e. The van der Waals surface area contributed by atoms with E-state index in [0.717, 1.165) is 0 Å². The van der Waals surface area contributed by atoms with Gasteiger partial charge in [0.15, 0.2) is 5.82 Å². The molecule has 2 rings (SSSR count). The van der Waals surface area contributed by atoms with Crippen LogP contribution in [0.2, 0.25) is 5.02 Å². The van der Waals surface area contributed by atoms with Gasteiger partial charge in [0, 0.05) is 17.4 Å². The summed E-state index contributed by atoms with van der Waals surface area (Å²) in [5.41, 5.74) is 1.53. The molecule has 2 heterocycles. The van der Waals surface area contributed by atoms with Crippen LogP contribution in [0.25, 0.3) is 5.82 Å². The summed E-state index contributed by atoms with van der Waals surface area (Å²) in [6, 6.07) is 3.43. The standard InChI is InChI=1S/C10H11BClN3O2/c1-6-9(11(16)17)7(2)15(14-6)10-8(12)4-3-5-13-10/h3-5,16-17H,1-2H3. The molecule has 0 aliphatic carbocycles. The van der Waals surface area contributed by atoms with E-state index in [1.165, 1.54) is 4.68 Å². The molecule has 0 fully saturated rings. The van der Waals surface area contributed by atoms with Crippen molar-refractivity contribution in [2.75, 3.05) is 0 Å². The molecule has 0 saturated heterocycles. The van der Waals surface area contributed by atoms with Crippen LogP contribution >= 0.6 is 11.6 Å². The Balaban J connectivity index is 2.62. The van der Waals surface area contributed by atoms with E-state index in [-0.39, 0.29) is 0 Å². The summed E-state index contributed by atoms with van der Waals surface area (Å²) in [6.07, 6.45) is 1.60. The number of halogens is 1. The van der Waals surface area contributed by atoms with Crippen molar-refractivity contribution in [3.8, 4) is 5.82 Å². The highest BCUT2D eigenvalue weighted by Gasteiger charge is 2.23. The lowest BCUT2D eigenvalue weighted by molar-refractivity contribution is 0.425. The van der Waals surface area contributed by atoms with E-state index in [1.807, 2.05) is 0 Å². The molecule has 5 nitrogen and oxygen atoms in total. The maximum absolute atomic E-state index is 9.26. The molecule has 2 N–H and O–H groups in total.